The second-order valence-corrected chi connectivity index (χ2v) is 6.86. The third-order valence-electron chi connectivity index (χ3n) is 3.84. The number of nitrogens with one attached hydrogen (secondary N) is 2. The second-order valence-electron chi connectivity index (χ2n) is 5.47. The molecule has 1 heterocycles. The third kappa shape index (κ3) is 4.28. The molecule has 0 aromatic heterocycles. The predicted octanol–water partition coefficient (Wildman–Crippen LogP) is 3.76. The van der Waals surface area contributed by atoms with Crippen molar-refractivity contribution in [2.75, 3.05) is 24.2 Å². The Morgan fingerprint density at radius 1 is 1.13 bits per heavy atom. The van der Waals surface area contributed by atoms with Crippen LogP contribution in [0.3, 0.4) is 0 Å². The van der Waals surface area contributed by atoms with Gasteiger partial charge in [-0.05, 0) is 55.3 Å². The standard InChI is InChI=1S/C18H19ClN2OS/c19-16-7-6-13-8-10-20-11-9-15(13)18(16)23-12-17(22)21-14-4-2-1-3-5-14/h1-7,20H,8-12H2,(H,21,22). The van der Waals surface area contributed by atoms with Gasteiger partial charge in [-0.2, -0.15) is 0 Å². The first-order valence-electron chi connectivity index (χ1n) is 7.73. The molecule has 0 aliphatic carbocycles. The van der Waals surface area contributed by atoms with Gasteiger partial charge < -0.3 is 10.6 Å². The maximum absolute atomic E-state index is 12.1. The average molecular weight is 347 g/mol. The van der Waals surface area contributed by atoms with Crippen LogP contribution in [0.1, 0.15) is 11.1 Å². The Hall–Kier alpha value is -1.49. The molecule has 0 atom stereocenters. The van der Waals surface area contributed by atoms with E-state index in [9.17, 15) is 4.79 Å². The molecule has 0 radical (unpaired) electrons. The first-order chi connectivity index (χ1) is 11.2. The van der Waals surface area contributed by atoms with Crippen molar-refractivity contribution >= 4 is 35.0 Å². The molecule has 23 heavy (non-hydrogen) atoms. The Morgan fingerprint density at radius 3 is 2.74 bits per heavy atom. The smallest absolute Gasteiger partial charge is 0.234 e. The molecule has 0 saturated carbocycles. The van der Waals surface area contributed by atoms with Crippen molar-refractivity contribution in [1.29, 1.82) is 0 Å². The van der Waals surface area contributed by atoms with E-state index < -0.39 is 0 Å². The maximum atomic E-state index is 12.1. The quantitative estimate of drug-likeness (QED) is 0.828. The van der Waals surface area contributed by atoms with Gasteiger partial charge in [-0.15, -0.1) is 11.8 Å². The van der Waals surface area contributed by atoms with E-state index in [-0.39, 0.29) is 5.91 Å². The number of carbonyl (C=O) groups is 1. The molecule has 3 rings (SSSR count). The van der Waals surface area contributed by atoms with Crippen LogP contribution in [0.15, 0.2) is 47.4 Å². The SMILES string of the molecule is O=C(CSc1c(Cl)ccc2c1CCNCC2)Nc1ccccc1. The fraction of sp³-hybridized carbons (Fsp3) is 0.278. The third-order valence-corrected chi connectivity index (χ3v) is 5.43. The van der Waals surface area contributed by atoms with Crippen molar-refractivity contribution in [1.82, 2.24) is 5.32 Å². The number of fused-ring (bicyclic) bond motifs is 1. The van der Waals surface area contributed by atoms with Crippen molar-refractivity contribution in [2.24, 2.45) is 0 Å². The highest BCUT2D eigenvalue weighted by atomic mass is 35.5. The first kappa shape index (κ1) is 16.4. The van der Waals surface area contributed by atoms with Gasteiger partial charge in [-0.3, -0.25) is 4.79 Å². The normalized spacial score (nSPS) is 14.0. The molecule has 0 spiro atoms. The van der Waals surface area contributed by atoms with Crippen molar-refractivity contribution < 1.29 is 4.79 Å². The highest BCUT2D eigenvalue weighted by Crippen LogP contribution is 2.34. The Balaban J connectivity index is 1.69. The average Bonchev–Trinajstić information content (AvgIpc) is 2.80. The van der Waals surface area contributed by atoms with Crippen molar-refractivity contribution in [3.8, 4) is 0 Å². The Labute approximate surface area is 145 Å². The van der Waals surface area contributed by atoms with Gasteiger partial charge in [0.2, 0.25) is 5.91 Å². The van der Waals surface area contributed by atoms with Crippen LogP contribution in [0, 0.1) is 0 Å². The van der Waals surface area contributed by atoms with E-state index in [0.29, 0.717) is 5.75 Å². The minimum atomic E-state index is -0.0124. The highest BCUT2D eigenvalue weighted by molar-refractivity contribution is 8.00. The molecule has 1 aliphatic rings. The molecule has 2 aromatic carbocycles. The summed E-state index contributed by atoms with van der Waals surface area (Å²) in [6, 6.07) is 13.6. The highest BCUT2D eigenvalue weighted by Gasteiger charge is 2.16. The van der Waals surface area contributed by atoms with Gasteiger partial charge in [0.25, 0.3) is 0 Å². The van der Waals surface area contributed by atoms with E-state index >= 15 is 0 Å². The largest absolute Gasteiger partial charge is 0.325 e. The number of thioether (sulfide) groups is 1. The molecule has 120 valence electrons. The van der Waals surface area contributed by atoms with E-state index in [1.54, 1.807) is 0 Å². The second kappa shape index (κ2) is 7.86. The van der Waals surface area contributed by atoms with Gasteiger partial charge in [0.1, 0.15) is 0 Å². The van der Waals surface area contributed by atoms with Crippen LogP contribution < -0.4 is 10.6 Å². The fourth-order valence-electron chi connectivity index (χ4n) is 2.72. The number of benzene rings is 2. The zero-order chi connectivity index (χ0) is 16.1. The lowest BCUT2D eigenvalue weighted by molar-refractivity contribution is -0.113. The van der Waals surface area contributed by atoms with Crippen LogP contribution in [-0.2, 0) is 17.6 Å². The number of carbonyl (C=O) groups excluding carboxylic acids is 1. The van der Waals surface area contributed by atoms with Crippen LogP contribution in [0.25, 0.3) is 0 Å². The van der Waals surface area contributed by atoms with E-state index in [1.807, 2.05) is 36.4 Å². The van der Waals surface area contributed by atoms with E-state index in [0.717, 1.165) is 41.5 Å². The van der Waals surface area contributed by atoms with Crippen molar-refractivity contribution in [3.63, 3.8) is 0 Å². The van der Waals surface area contributed by atoms with Crippen LogP contribution in [0.4, 0.5) is 5.69 Å². The van der Waals surface area contributed by atoms with Crippen LogP contribution in [-0.4, -0.2) is 24.7 Å². The van der Waals surface area contributed by atoms with Crippen molar-refractivity contribution in [3.05, 3.63) is 58.6 Å². The van der Waals surface area contributed by atoms with Gasteiger partial charge in [0.15, 0.2) is 0 Å². The zero-order valence-corrected chi connectivity index (χ0v) is 14.3. The minimum Gasteiger partial charge on any atom is -0.325 e. The summed E-state index contributed by atoms with van der Waals surface area (Å²) in [6.45, 7) is 1.95. The Bertz CT molecular complexity index is 691. The summed E-state index contributed by atoms with van der Waals surface area (Å²) >= 11 is 7.91. The number of rotatable bonds is 4. The summed E-state index contributed by atoms with van der Waals surface area (Å²) in [5.74, 6) is 0.347. The number of amides is 1. The number of anilines is 1. The van der Waals surface area contributed by atoms with Crippen LogP contribution in [0.5, 0.6) is 0 Å². The Morgan fingerprint density at radius 2 is 1.91 bits per heavy atom. The van der Waals surface area contributed by atoms with Gasteiger partial charge >= 0.3 is 0 Å². The van der Waals surface area contributed by atoms with Gasteiger partial charge in [0.05, 0.1) is 10.8 Å². The summed E-state index contributed by atoms with van der Waals surface area (Å²) in [4.78, 5) is 13.2. The summed E-state index contributed by atoms with van der Waals surface area (Å²) in [7, 11) is 0. The maximum Gasteiger partial charge on any atom is 0.234 e. The van der Waals surface area contributed by atoms with Gasteiger partial charge in [0, 0.05) is 10.6 Å². The molecule has 3 nitrogen and oxygen atoms in total. The number of para-hydroxylation sites is 1. The summed E-state index contributed by atoms with van der Waals surface area (Å²) in [6.07, 6.45) is 1.97. The molecule has 2 aromatic rings. The van der Waals surface area contributed by atoms with Crippen LogP contribution in [0.2, 0.25) is 5.02 Å². The fourth-order valence-corrected chi connectivity index (χ4v) is 4.02. The summed E-state index contributed by atoms with van der Waals surface area (Å²) in [5, 5.41) is 7.05. The molecule has 1 aliphatic heterocycles. The van der Waals surface area contributed by atoms with E-state index in [4.69, 9.17) is 11.6 Å². The first-order valence-corrected chi connectivity index (χ1v) is 9.09. The van der Waals surface area contributed by atoms with E-state index in [1.165, 1.54) is 22.9 Å². The molecule has 5 heteroatoms. The lowest BCUT2D eigenvalue weighted by Gasteiger charge is -2.13. The molecule has 0 saturated heterocycles. The van der Waals surface area contributed by atoms with Gasteiger partial charge in [-0.25, -0.2) is 0 Å². The molecule has 1 amide bonds. The topological polar surface area (TPSA) is 41.1 Å². The molecule has 0 unspecified atom stereocenters. The summed E-state index contributed by atoms with van der Waals surface area (Å²) in [5.41, 5.74) is 3.45. The lowest BCUT2D eigenvalue weighted by atomic mass is 10.0. The molecular formula is C18H19ClN2OS. The number of hydrogen-bond donors (Lipinski definition) is 2. The van der Waals surface area contributed by atoms with E-state index in [2.05, 4.69) is 16.7 Å². The zero-order valence-electron chi connectivity index (χ0n) is 12.8. The van der Waals surface area contributed by atoms with Gasteiger partial charge in [-0.1, -0.05) is 35.9 Å². The minimum absolute atomic E-state index is 0.0124. The number of halogens is 1. The predicted molar refractivity (Wildman–Crippen MR) is 97.5 cm³/mol. The molecular weight excluding hydrogens is 328 g/mol. The molecule has 0 fully saturated rings. The molecule has 0 bridgehead atoms. The number of hydrogen-bond acceptors (Lipinski definition) is 3. The van der Waals surface area contributed by atoms with Crippen molar-refractivity contribution in [2.45, 2.75) is 17.7 Å². The Kier molecular flexibility index (Phi) is 5.60. The lowest BCUT2D eigenvalue weighted by Crippen LogP contribution is -2.16. The molecule has 2 N–H and O–H groups in total. The summed E-state index contributed by atoms with van der Waals surface area (Å²) < 4.78 is 0. The monoisotopic (exact) mass is 346 g/mol. The van der Waals surface area contributed by atoms with Crippen LogP contribution >= 0.6 is 23.4 Å².